The van der Waals surface area contributed by atoms with Gasteiger partial charge in [0.25, 0.3) is 5.91 Å². The number of hydrogen-bond donors (Lipinski definition) is 5. The summed E-state index contributed by atoms with van der Waals surface area (Å²) in [5.74, 6) is 4.02. The van der Waals surface area contributed by atoms with Gasteiger partial charge < -0.3 is 15.6 Å². The Labute approximate surface area is 114 Å². The smallest absolute Gasteiger partial charge is 0.256 e. The number of hydrazine groups is 1. The largest absolute Gasteiger partial charge is 0.348 e. The van der Waals surface area contributed by atoms with Gasteiger partial charge in [0.05, 0.1) is 6.33 Å². The molecule has 108 valence electrons. The van der Waals surface area contributed by atoms with E-state index in [1.165, 1.54) is 6.33 Å². The monoisotopic (exact) mass is 280 g/mol. The van der Waals surface area contributed by atoms with Crippen LogP contribution >= 0.6 is 0 Å². The number of carbonyl (C=O) groups is 3. The molecule has 2 heterocycles. The van der Waals surface area contributed by atoms with Gasteiger partial charge in [0, 0.05) is 24.7 Å². The van der Waals surface area contributed by atoms with E-state index in [0.717, 1.165) is 0 Å². The first-order chi connectivity index (χ1) is 9.60. The zero-order valence-electron chi connectivity index (χ0n) is 10.7. The van der Waals surface area contributed by atoms with Crippen LogP contribution in [0.15, 0.2) is 12.5 Å². The molecule has 0 aliphatic carbocycles. The number of rotatable bonds is 5. The molecule has 9 nitrogen and oxygen atoms in total. The van der Waals surface area contributed by atoms with Crippen LogP contribution in [0.3, 0.4) is 0 Å². The van der Waals surface area contributed by atoms with E-state index >= 15 is 0 Å². The molecule has 2 rings (SSSR count). The maximum absolute atomic E-state index is 12.0. The van der Waals surface area contributed by atoms with Crippen LogP contribution in [0.2, 0.25) is 0 Å². The van der Waals surface area contributed by atoms with Gasteiger partial charge in [0.1, 0.15) is 12.1 Å². The Hall–Kier alpha value is -2.42. The first kappa shape index (κ1) is 14.0. The van der Waals surface area contributed by atoms with Crippen LogP contribution in [0.1, 0.15) is 18.5 Å². The summed E-state index contributed by atoms with van der Waals surface area (Å²) >= 11 is 0. The highest BCUT2D eigenvalue weighted by Gasteiger charge is 2.30. The maximum Gasteiger partial charge on any atom is 0.256 e. The molecule has 1 aromatic rings. The van der Waals surface area contributed by atoms with Crippen molar-refractivity contribution in [2.75, 3.05) is 0 Å². The van der Waals surface area contributed by atoms with E-state index in [1.54, 1.807) is 6.20 Å². The minimum Gasteiger partial charge on any atom is -0.348 e. The van der Waals surface area contributed by atoms with E-state index in [1.807, 2.05) is 5.43 Å². The number of aromatic amines is 1. The third-order valence-corrected chi connectivity index (χ3v) is 3.07. The fraction of sp³-hybridized carbons (Fsp3) is 0.455. The number of aromatic nitrogens is 2. The SMILES string of the molecule is NNC(=O)[C@@H](Cc1cnc[nH]1)NC(=O)[C@@H]1CCC(=O)N1. The highest BCUT2D eigenvalue weighted by Crippen LogP contribution is 2.07. The molecule has 2 atom stereocenters. The minimum absolute atomic E-state index is 0.168. The van der Waals surface area contributed by atoms with Crippen LogP contribution in [0, 0.1) is 0 Å². The van der Waals surface area contributed by atoms with Crippen molar-refractivity contribution in [3.05, 3.63) is 18.2 Å². The third kappa shape index (κ3) is 3.32. The van der Waals surface area contributed by atoms with Crippen molar-refractivity contribution in [1.82, 2.24) is 26.0 Å². The van der Waals surface area contributed by atoms with E-state index in [2.05, 4.69) is 20.6 Å². The summed E-state index contributed by atoms with van der Waals surface area (Å²) in [5.41, 5.74) is 2.70. The Kier molecular flexibility index (Phi) is 4.31. The molecule has 1 fully saturated rings. The molecule has 0 saturated carbocycles. The number of carbonyl (C=O) groups excluding carboxylic acids is 3. The molecule has 1 aliphatic heterocycles. The van der Waals surface area contributed by atoms with E-state index in [0.29, 0.717) is 18.5 Å². The zero-order chi connectivity index (χ0) is 14.5. The fourth-order valence-corrected chi connectivity index (χ4v) is 2.01. The molecular weight excluding hydrogens is 264 g/mol. The van der Waals surface area contributed by atoms with Crippen molar-refractivity contribution in [1.29, 1.82) is 0 Å². The molecule has 1 aromatic heterocycles. The molecular formula is C11H16N6O3. The van der Waals surface area contributed by atoms with Crippen molar-refractivity contribution in [3.8, 4) is 0 Å². The summed E-state index contributed by atoms with van der Waals surface area (Å²) in [6.07, 6.45) is 4.00. The molecule has 20 heavy (non-hydrogen) atoms. The zero-order valence-corrected chi connectivity index (χ0v) is 10.7. The topological polar surface area (TPSA) is 142 Å². The van der Waals surface area contributed by atoms with Crippen molar-refractivity contribution in [2.24, 2.45) is 5.84 Å². The van der Waals surface area contributed by atoms with Crippen molar-refractivity contribution >= 4 is 17.7 Å². The molecule has 0 aromatic carbocycles. The van der Waals surface area contributed by atoms with Crippen molar-refractivity contribution in [3.63, 3.8) is 0 Å². The van der Waals surface area contributed by atoms with Crippen LogP contribution in [-0.4, -0.2) is 39.8 Å². The molecule has 6 N–H and O–H groups in total. The number of nitrogens with zero attached hydrogens (tertiary/aromatic N) is 1. The lowest BCUT2D eigenvalue weighted by molar-refractivity contribution is -0.130. The molecule has 0 radical (unpaired) electrons. The fourth-order valence-electron chi connectivity index (χ4n) is 2.01. The van der Waals surface area contributed by atoms with E-state index in [4.69, 9.17) is 5.84 Å². The van der Waals surface area contributed by atoms with Gasteiger partial charge in [-0.2, -0.15) is 0 Å². The summed E-state index contributed by atoms with van der Waals surface area (Å²) < 4.78 is 0. The number of hydrogen-bond acceptors (Lipinski definition) is 5. The Balaban J connectivity index is 1.98. The average Bonchev–Trinajstić information content (AvgIpc) is 3.08. The van der Waals surface area contributed by atoms with Gasteiger partial charge in [-0.3, -0.25) is 19.8 Å². The molecule has 1 aliphatic rings. The lowest BCUT2D eigenvalue weighted by Crippen LogP contribution is -2.53. The number of H-pyrrole nitrogens is 1. The first-order valence-corrected chi connectivity index (χ1v) is 6.17. The van der Waals surface area contributed by atoms with Crippen molar-refractivity contribution < 1.29 is 14.4 Å². The highest BCUT2D eigenvalue weighted by molar-refractivity contribution is 5.93. The summed E-state index contributed by atoms with van der Waals surface area (Å²) in [7, 11) is 0. The number of nitrogens with one attached hydrogen (secondary N) is 4. The summed E-state index contributed by atoms with van der Waals surface area (Å²) in [4.78, 5) is 41.4. The lowest BCUT2D eigenvalue weighted by Gasteiger charge is -2.18. The van der Waals surface area contributed by atoms with Crippen LogP contribution in [0.25, 0.3) is 0 Å². The lowest BCUT2D eigenvalue weighted by atomic mass is 10.1. The number of imidazole rings is 1. The second-order valence-corrected chi connectivity index (χ2v) is 4.51. The Morgan fingerprint density at radius 1 is 1.55 bits per heavy atom. The molecule has 0 spiro atoms. The van der Waals surface area contributed by atoms with Gasteiger partial charge in [-0.25, -0.2) is 10.8 Å². The van der Waals surface area contributed by atoms with E-state index in [9.17, 15) is 14.4 Å². The van der Waals surface area contributed by atoms with E-state index < -0.39 is 23.9 Å². The van der Waals surface area contributed by atoms with Gasteiger partial charge in [-0.1, -0.05) is 0 Å². The van der Waals surface area contributed by atoms with Crippen molar-refractivity contribution in [2.45, 2.75) is 31.3 Å². The molecule has 0 unspecified atom stereocenters. The molecule has 3 amide bonds. The number of nitrogens with two attached hydrogens (primary N) is 1. The normalized spacial score (nSPS) is 19.2. The Morgan fingerprint density at radius 2 is 2.35 bits per heavy atom. The van der Waals surface area contributed by atoms with Crippen LogP contribution in [0.5, 0.6) is 0 Å². The van der Waals surface area contributed by atoms with Crippen LogP contribution < -0.4 is 21.9 Å². The number of amides is 3. The molecule has 1 saturated heterocycles. The summed E-state index contributed by atoms with van der Waals surface area (Å²) in [6.45, 7) is 0. The van der Waals surface area contributed by atoms with Gasteiger partial charge in [0.15, 0.2) is 0 Å². The summed E-state index contributed by atoms with van der Waals surface area (Å²) in [5, 5.41) is 5.12. The maximum atomic E-state index is 12.0. The van der Waals surface area contributed by atoms with Crippen LogP contribution in [-0.2, 0) is 20.8 Å². The van der Waals surface area contributed by atoms with Gasteiger partial charge in [-0.05, 0) is 6.42 Å². The van der Waals surface area contributed by atoms with Gasteiger partial charge in [0.2, 0.25) is 11.8 Å². The Bertz CT molecular complexity index is 500. The quantitative estimate of drug-likeness (QED) is 0.234. The highest BCUT2D eigenvalue weighted by atomic mass is 16.2. The average molecular weight is 280 g/mol. The Morgan fingerprint density at radius 3 is 2.90 bits per heavy atom. The van der Waals surface area contributed by atoms with Crippen LogP contribution in [0.4, 0.5) is 0 Å². The predicted octanol–water partition coefficient (Wildman–Crippen LogP) is -2.29. The first-order valence-electron chi connectivity index (χ1n) is 6.17. The standard InChI is InChI=1S/C11H16N6O3/c12-17-11(20)8(3-6-4-13-5-14-6)16-10(19)7-1-2-9(18)15-7/h4-5,7-8H,1-3,12H2,(H,13,14)(H,15,18)(H,16,19)(H,17,20)/t7-,8+/m0/s1. The van der Waals surface area contributed by atoms with Gasteiger partial charge in [-0.15, -0.1) is 0 Å². The molecule has 9 heteroatoms. The molecule has 0 bridgehead atoms. The van der Waals surface area contributed by atoms with E-state index in [-0.39, 0.29) is 12.3 Å². The van der Waals surface area contributed by atoms with Gasteiger partial charge >= 0.3 is 0 Å². The second-order valence-electron chi connectivity index (χ2n) is 4.51. The predicted molar refractivity (Wildman–Crippen MR) is 67.7 cm³/mol. The minimum atomic E-state index is -0.828. The summed E-state index contributed by atoms with van der Waals surface area (Å²) in [6, 6.07) is -1.43. The second kappa shape index (κ2) is 6.15. The third-order valence-electron chi connectivity index (χ3n) is 3.07.